The van der Waals surface area contributed by atoms with Crippen LogP contribution in [0, 0.1) is 0 Å². The summed E-state index contributed by atoms with van der Waals surface area (Å²) in [6.07, 6.45) is 3.04. The van der Waals surface area contributed by atoms with Crippen LogP contribution in [-0.4, -0.2) is 24.8 Å². The summed E-state index contributed by atoms with van der Waals surface area (Å²) in [6, 6.07) is 6.74. The van der Waals surface area contributed by atoms with Crippen molar-refractivity contribution in [3.05, 3.63) is 29.3 Å². The zero-order valence-corrected chi connectivity index (χ0v) is 9.37. The van der Waals surface area contributed by atoms with Crippen LogP contribution in [0.25, 0.3) is 0 Å². The maximum Gasteiger partial charge on any atom is 0.0434 e. The van der Waals surface area contributed by atoms with Crippen molar-refractivity contribution in [1.82, 2.24) is 0 Å². The van der Waals surface area contributed by atoms with Gasteiger partial charge >= 0.3 is 0 Å². The fourth-order valence-corrected chi connectivity index (χ4v) is 2.29. The van der Waals surface area contributed by atoms with E-state index in [4.69, 9.17) is 5.11 Å². The van der Waals surface area contributed by atoms with Crippen LogP contribution in [0.3, 0.4) is 0 Å². The van der Waals surface area contributed by atoms with Gasteiger partial charge in [-0.05, 0) is 43.4 Å². The standard InChI is InChI=1S/C13H19NO/c1-2-14-8-7-12-10-11(4-3-9-15)5-6-13(12)14/h5-6,10,15H,2-4,7-9H2,1H3. The van der Waals surface area contributed by atoms with Crippen LogP contribution in [0.2, 0.25) is 0 Å². The summed E-state index contributed by atoms with van der Waals surface area (Å²) in [5.74, 6) is 0. The summed E-state index contributed by atoms with van der Waals surface area (Å²) in [5, 5.41) is 8.79. The largest absolute Gasteiger partial charge is 0.396 e. The van der Waals surface area contributed by atoms with Crippen molar-refractivity contribution in [1.29, 1.82) is 0 Å². The van der Waals surface area contributed by atoms with Gasteiger partial charge in [-0.1, -0.05) is 12.1 Å². The highest BCUT2D eigenvalue weighted by atomic mass is 16.2. The van der Waals surface area contributed by atoms with E-state index in [2.05, 4.69) is 30.0 Å². The quantitative estimate of drug-likeness (QED) is 0.812. The molecule has 0 aromatic heterocycles. The monoisotopic (exact) mass is 205 g/mol. The Bertz CT molecular complexity index is 335. The Morgan fingerprint density at radius 3 is 3.00 bits per heavy atom. The number of aliphatic hydroxyl groups excluding tert-OH is 1. The summed E-state index contributed by atoms with van der Waals surface area (Å²) < 4.78 is 0. The van der Waals surface area contributed by atoms with E-state index in [-0.39, 0.29) is 6.61 Å². The van der Waals surface area contributed by atoms with Crippen LogP contribution >= 0.6 is 0 Å². The van der Waals surface area contributed by atoms with Crippen LogP contribution in [0.4, 0.5) is 5.69 Å². The van der Waals surface area contributed by atoms with Crippen LogP contribution in [0.1, 0.15) is 24.5 Å². The van der Waals surface area contributed by atoms with Gasteiger partial charge in [0.15, 0.2) is 0 Å². The number of anilines is 1. The molecule has 0 saturated heterocycles. The molecule has 0 spiro atoms. The average Bonchev–Trinajstić information content (AvgIpc) is 2.68. The van der Waals surface area contributed by atoms with Gasteiger partial charge in [0.2, 0.25) is 0 Å². The Hall–Kier alpha value is -1.02. The van der Waals surface area contributed by atoms with Gasteiger partial charge in [-0.2, -0.15) is 0 Å². The van der Waals surface area contributed by atoms with Crippen molar-refractivity contribution in [2.75, 3.05) is 24.6 Å². The van der Waals surface area contributed by atoms with Crippen LogP contribution in [0.5, 0.6) is 0 Å². The molecule has 1 aliphatic rings. The summed E-state index contributed by atoms with van der Waals surface area (Å²) in [4.78, 5) is 2.42. The molecule has 0 saturated carbocycles. The lowest BCUT2D eigenvalue weighted by atomic mass is 10.0. The summed E-state index contributed by atoms with van der Waals surface area (Å²) >= 11 is 0. The molecule has 1 aliphatic heterocycles. The fourth-order valence-electron chi connectivity index (χ4n) is 2.29. The number of hydrogen-bond donors (Lipinski definition) is 1. The fraction of sp³-hybridized carbons (Fsp3) is 0.538. The number of hydrogen-bond acceptors (Lipinski definition) is 2. The lowest BCUT2D eigenvalue weighted by molar-refractivity contribution is 0.288. The normalized spacial score (nSPS) is 14.4. The Labute approximate surface area is 91.5 Å². The van der Waals surface area contributed by atoms with Gasteiger partial charge in [-0.15, -0.1) is 0 Å². The van der Waals surface area contributed by atoms with E-state index in [0.29, 0.717) is 0 Å². The van der Waals surface area contributed by atoms with Crippen molar-refractivity contribution in [3.8, 4) is 0 Å². The highest BCUT2D eigenvalue weighted by molar-refractivity contribution is 5.58. The molecule has 1 heterocycles. The number of rotatable bonds is 4. The molecule has 0 unspecified atom stereocenters. The van der Waals surface area contributed by atoms with Crippen LogP contribution in [0.15, 0.2) is 18.2 Å². The smallest absolute Gasteiger partial charge is 0.0434 e. The highest BCUT2D eigenvalue weighted by Gasteiger charge is 2.17. The number of likely N-dealkylation sites (N-methyl/N-ethyl adjacent to an activating group) is 1. The first-order chi connectivity index (χ1) is 7.35. The molecule has 2 nitrogen and oxygen atoms in total. The number of aryl methyl sites for hydroxylation is 1. The van der Waals surface area contributed by atoms with E-state index in [0.717, 1.165) is 25.9 Å². The van der Waals surface area contributed by atoms with Gasteiger partial charge in [0, 0.05) is 25.4 Å². The molecule has 1 aromatic carbocycles. The van der Waals surface area contributed by atoms with Gasteiger partial charge in [-0.3, -0.25) is 0 Å². The zero-order valence-electron chi connectivity index (χ0n) is 9.37. The number of fused-ring (bicyclic) bond motifs is 1. The van der Waals surface area contributed by atoms with Crippen molar-refractivity contribution < 1.29 is 5.11 Å². The number of nitrogens with zero attached hydrogens (tertiary/aromatic N) is 1. The van der Waals surface area contributed by atoms with Gasteiger partial charge in [0.1, 0.15) is 0 Å². The molecule has 2 rings (SSSR count). The van der Waals surface area contributed by atoms with Crippen molar-refractivity contribution in [3.63, 3.8) is 0 Å². The lowest BCUT2D eigenvalue weighted by Gasteiger charge is -2.16. The molecule has 2 heteroatoms. The van der Waals surface area contributed by atoms with Gasteiger partial charge in [-0.25, -0.2) is 0 Å². The minimum atomic E-state index is 0.290. The predicted molar refractivity (Wildman–Crippen MR) is 63.4 cm³/mol. The first-order valence-corrected chi connectivity index (χ1v) is 5.82. The molecule has 0 atom stereocenters. The van der Waals surface area contributed by atoms with E-state index in [9.17, 15) is 0 Å². The molecule has 0 aliphatic carbocycles. The van der Waals surface area contributed by atoms with E-state index >= 15 is 0 Å². The van der Waals surface area contributed by atoms with Gasteiger partial charge < -0.3 is 10.0 Å². The first kappa shape index (κ1) is 10.5. The third kappa shape index (κ3) is 2.15. The molecule has 0 radical (unpaired) electrons. The third-order valence-electron chi connectivity index (χ3n) is 3.14. The average molecular weight is 205 g/mol. The molecule has 15 heavy (non-hydrogen) atoms. The SMILES string of the molecule is CCN1CCc2cc(CCCO)ccc21. The summed E-state index contributed by atoms with van der Waals surface area (Å²) in [7, 11) is 0. The van der Waals surface area contributed by atoms with E-state index in [1.54, 1.807) is 0 Å². The molecule has 0 bridgehead atoms. The number of aliphatic hydroxyl groups is 1. The lowest BCUT2D eigenvalue weighted by Crippen LogP contribution is -2.18. The minimum Gasteiger partial charge on any atom is -0.396 e. The molecule has 1 N–H and O–H groups in total. The molecule has 1 aromatic rings. The Kier molecular flexibility index (Phi) is 3.27. The summed E-state index contributed by atoms with van der Waals surface area (Å²) in [5.41, 5.74) is 4.25. The minimum absolute atomic E-state index is 0.290. The highest BCUT2D eigenvalue weighted by Crippen LogP contribution is 2.28. The van der Waals surface area contributed by atoms with Crippen LogP contribution < -0.4 is 4.90 Å². The molecular weight excluding hydrogens is 186 g/mol. The molecule has 82 valence electrons. The second-order valence-corrected chi connectivity index (χ2v) is 4.12. The summed E-state index contributed by atoms with van der Waals surface area (Å²) in [6.45, 7) is 4.76. The van der Waals surface area contributed by atoms with E-state index in [1.165, 1.54) is 23.2 Å². The maximum atomic E-state index is 8.79. The second-order valence-electron chi connectivity index (χ2n) is 4.12. The second kappa shape index (κ2) is 4.67. The molecule has 0 fully saturated rings. The number of benzene rings is 1. The van der Waals surface area contributed by atoms with Crippen molar-refractivity contribution >= 4 is 5.69 Å². The Balaban J connectivity index is 2.14. The topological polar surface area (TPSA) is 23.5 Å². The Morgan fingerprint density at radius 2 is 2.27 bits per heavy atom. The predicted octanol–water partition coefficient (Wildman–Crippen LogP) is 1.99. The maximum absolute atomic E-state index is 8.79. The Morgan fingerprint density at radius 1 is 1.40 bits per heavy atom. The third-order valence-corrected chi connectivity index (χ3v) is 3.14. The van der Waals surface area contributed by atoms with Crippen molar-refractivity contribution in [2.24, 2.45) is 0 Å². The van der Waals surface area contributed by atoms with E-state index in [1.807, 2.05) is 0 Å². The first-order valence-electron chi connectivity index (χ1n) is 5.82. The van der Waals surface area contributed by atoms with Gasteiger partial charge in [0.25, 0.3) is 0 Å². The van der Waals surface area contributed by atoms with Crippen LogP contribution in [-0.2, 0) is 12.8 Å². The molecular formula is C13H19NO. The van der Waals surface area contributed by atoms with Crippen molar-refractivity contribution in [2.45, 2.75) is 26.2 Å². The molecule has 0 amide bonds. The van der Waals surface area contributed by atoms with Gasteiger partial charge in [0.05, 0.1) is 0 Å². The van der Waals surface area contributed by atoms with E-state index < -0.39 is 0 Å². The zero-order chi connectivity index (χ0) is 10.7.